The number of ketones is 1. The molecule has 0 fully saturated rings. The lowest BCUT2D eigenvalue weighted by Gasteiger charge is -2.10. The number of carbonyl (C=O) groups is 1. The van der Waals surface area contributed by atoms with Crippen LogP contribution in [-0.2, 0) is 0 Å². The van der Waals surface area contributed by atoms with Gasteiger partial charge in [-0.3, -0.25) is 4.79 Å². The summed E-state index contributed by atoms with van der Waals surface area (Å²) in [4.78, 5) is 15.3. The monoisotopic (exact) mass is 194 g/mol. The van der Waals surface area contributed by atoms with Crippen molar-refractivity contribution in [3.05, 3.63) is 29.3 Å². The van der Waals surface area contributed by atoms with Crippen LogP contribution in [0.2, 0.25) is 0 Å². The van der Waals surface area contributed by atoms with E-state index in [1.54, 1.807) is 18.2 Å². The maximum atomic E-state index is 11.1. The lowest BCUT2D eigenvalue weighted by atomic mass is 9.98. The van der Waals surface area contributed by atoms with Gasteiger partial charge < -0.3 is 4.89 Å². The van der Waals surface area contributed by atoms with Gasteiger partial charge in [0.1, 0.15) is 0 Å². The molecule has 1 N–H and O–H groups in total. The first kappa shape index (κ1) is 10.7. The molecule has 3 nitrogen and oxygen atoms in total. The van der Waals surface area contributed by atoms with Crippen LogP contribution in [-0.4, -0.2) is 11.0 Å². The van der Waals surface area contributed by atoms with Crippen LogP contribution in [0.3, 0.4) is 0 Å². The largest absolute Gasteiger partial charge is 0.340 e. The van der Waals surface area contributed by atoms with Crippen molar-refractivity contribution < 1.29 is 14.9 Å². The maximum Gasteiger partial charge on any atom is 0.168 e. The van der Waals surface area contributed by atoms with Crippen molar-refractivity contribution in [3.8, 4) is 5.75 Å². The van der Waals surface area contributed by atoms with Gasteiger partial charge in [0.25, 0.3) is 0 Å². The van der Waals surface area contributed by atoms with Gasteiger partial charge in [-0.1, -0.05) is 13.8 Å². The van der Waals surface area contributed by atoms with Crippen molar-refractivity contribution in [2.75, 3.05) is 0 Å². The summed E-state index contributed by atoms with van der Waals surface area (Å²) < 4.78 is 0. The van der Waals surface area contributed by atoms with Crippen molar-refractivity contribution >= 4 is 5.78 Å². The summed E-state index contributed by atoms with van der Waals surface area (Å²) in [5.74, 6) is 0.623. The molecular formula is C11H14O3. The third-order valence-electron chi connectivity index (χ3n) is 2.14. The Morgan fingerprint density at radius 2 is 2.07 bits per heavy atom. The minimum absolute atomic E-state index is 0.0105. The first-order valence-electron chi connectivity index (χ1n) is 4.52. The summed E-state index contributed by atoms with van der Waals surface area (Å²) >= 11 is 0. The zero-order chi connectivity index (χ0) is 10.7. The molecule has 14 heavy (non-hydrogen) atoms. The molecule has 0 aliphatic rings. The average molecular weight is 194 g/mol. The van der Waals surface area contributed by atoms with Crippen molar-refractivity contribution in [3.63, 3.8) is 0 Å². The van der Waals surface area contributed by atoms with E-state index in [4.69, 9.17) is 5.26 Å². The summed E-state index contributed by atoms with van der Waals surface area (Å²) in [6, 6.07) is 4.99. The Morgan fingerprint density at radius 1 is 1.43 bits per heavy atom. The fourth-order valence-electron chi connectivity index (χ4n) is 1.30. The van der Waals surface area contributed by atoms with Crippen LogP contribution in [0.4, 0.5) is 0 Å². The maximum absolute atomic E-state index is 11.1. The molecule has 0 heterocycles. The molecule has 0 spiro atoms. The Hall–Kier alpha value is -1.35. The van der Waals surface area contributed by atoms with E-state index in [9.17, 15) is 4.79 Å². The highest BCUT2D eigenvalue weighted by molar-refractivity contribution is 5.94. The van der Waals surface area contributed by atoms with Crippen LogP contribution < -0.4 is 4.89 Å². The molecule has 0 saturated carbocycles. The predicted octanol–water partition coefficient (Wildman–Crippen LogP) is 2.86. The normalized spacial score (nSPS) is 10.4. The van der Waals surface area contributed by atoms with Gasteiger partial charge in [-0.15, -0.1) is 0 Å². The van der Waals surface area contributed by atoms with Gasteiger partial charge in [-0.2, -0.15) is 0 Å². The first-order valence-corrected chi connectivity index (χ1v) is 4.52. The zero-order valence-electron chi connectivity index (χ0n) is 8.57. The van der Waals surface area contributed by atoms with E-state index in [2.05, 4.69) is 4.89 Å². The van der Waals surface area contributed by atoms with Gasteiger partial charge in [-0.25, -0.2) is 5.26 Å². The lowest BCUT2D eigenvalue weighted by Crippen LogP contribution is -1.99. The zero-order valence-corrected chi connectivity index (χ0v) is 8.57. The van der Waals surface area contributed by atoms with Crippen LogP contribution in [0, 0.1) is 0 Å². The SMILES string of the molecule is CC(=O)c1ccc(OO)c(C(C)C)c1. The second kappa shape index (κ2) is 4.24. The molecule has 1 aromatic carbocycles. The Labute approximate surface area is 83.3 Å². The molecule has 0 saturated heterocycles. The van der Waals surface area contributed by atoms with Crippen LogP contribution >= 0.6 is 0 Å². The quantitative estimate of drug-likeness (QED) is 0.457. The minimum atomic E-state index is 0.0105. The third kappa shape index (κ3) is 2.12. The van der Waals surface area contributed by atoms with E-state index >= 15 is 0 Å². The van der Waals surface area contributed by atoms with Crippen molar-refractivity contribution in [2.45, 2.75) is 26.7 Å². The fraction of sp³-hybridized carbons (Fsp3) is 0.364. The first-order chi connectivity index (χ1) is 6.56. The van der Waals surface area contributed by atoms with E-state index in [0.717, 1.165) is 5.56 Å². The van der Waals surface area contributed by atoms with E-state index in [1.807, 2.05) is 13.8 Å². The molecule has 0 amide bonds. The molecule has 0 aliphatic heterocycles. The highest BCUT2D eigenvalue weighted by atomic mass is 17.1. The Balaban J connectivity index is 3.20. The van der Waals surface area contributed by atoms with E-state index in [-0.39, 0.29) is 11.7 Å². The number of hydrogen-bond donors (Lipinski definition) is 1. The molecule has 0 aromatic heterocycles. The van der Waals surface area contributed by atoms with E-state index in [1.165, 1.54) is 6.92 Å². The van der Waals surface area contributed by atoms with Gasteiger partial charge in [-0.05, 0) is 31.0 Å². The van der Waals surface area contributed by atoms with Crippen molar-refractivity contribution in [2.24, 2.45) is 0 Å². The Morgan fingerprint density at radius 3 is 2.50 bits per heavy atom. The summed E-state index contributed by atoms with van der Waals surface area (Å²) in [7, 11) is 0. The van der Waals surface area contributed by atoms with Crippen LogP contribution in [0.1, 0.15) is 42.6 Å². The van der Waals surface area contributed by atoms with E-state index < -0.39 is 0 Å². The van der Waals surface area contributed by atoms with Crippen LogP contribution in [0.15, 0.2) is 18.2 Å². The Kier molecular flexibility index (Phi) is 3.25. The molecule has 1 aromatic rings. The molecule has 0 radical (unpaired) electrons. The highest BCUT2D eigenvalue weighted by Gasteiger charge is 2.10. The third-order valence-corrected chi connectivity index (χ3v) is 2.14. The average Bonchev–Trinajstić information content (AvgIpc) is 2.16. The second-order valence-corrected chi connectivity index (χ2v) is 3.55. The summed E-state index contributed by atoms with van der Waals surface area (Å²) in [6.45, 7) is 5.46. The smallest absolute Gasteiger partial charge is 0.168 e. The number of benzene rings is 1. The van der Waals surface area contributed by atoms with Gasteiger partial charge in [0.05, 0.1) is 0 Å². The molecule has 3 heteroatoms. The molecule has 0 atom stereocenters. The summed E-state index contributed by atoms with van der Waals surface area (Å²) in [5.41, 5.74) is 1.47. The summed E-state index contributed by atoms with van der Waals surface area (Å²) in [5, 5.41) is 8.61. The molecule has 0 bridgehead atoms. The number of Topliss-reactive ketones (excluding diaryl/α,β-unsaturated/α-hetero) is 1. The summed E-state index contributed by atoms with van der Waals surface area (Å²) in [6.07, 6.45) is 0. The second-order valence-electron chi connectivity index (χ2n) is 3.55. The van der Waals surface area contributed by atoms with Gasteiger partial charge >= 0.3 is 0 Å². The van der Waals surface area contributed by atoms with Crippen molar-refractivity contribution in [1.82, 2.24) is 0 Å². The fourth-order valence-corrected chi connectivity index (χ4v) is 1.30. The van der Waals surface area contributed by atoms with Gasteiger partial charge in [0.2, 0.25) is 0 Å². The lowest BCUT2D eigenvalue weighted by molar-refractivity contribution is -0.138. The number of hydrogen-bond acceptors (Lipinski definition) is 3. The number of carbonyl (C=O) groups excluding carboxylic acids is 1. The molecular weight excluding hydrogens is 180 g/mol. The Bertz CT molecular complexity index is 342. The van der Waals surface area contributed by atoms with Crippen molar-refractivity contribution in [1.29, 1.82) is 0 Å². The predicted molar refractivity (Wildman–Crippen MR) is 53.8 cm³/mol. The highest BCUT2D eigenvalue weighted by Crippen LogP contribution is 2.27. The molecule has 76 valence electrons. The standard InChI is InChI=1S/C11H14O3/c1-7(2)10-6-9(8(3)12)4-5-11(10)14-13/h4-7,13H,1-3H3. The number of rotatable bonds is 3. The molecule has 0 unspecified atom stereocenters. The van der Waals surface area contributed by atoms with E-state index in [0.29, 0.717) is 11.3 Å². The van der Waals surface area contributed by atoms with Gasteiger partial charge in [0, 0.05) is 11.1 Å². The van der Waals surface area contributed by atoms with Crippen LogP contribution in [0.5, 0.6) is 5.75 Å². The topological polar surface area (TPSA) is 46.5 Å². The molecule has 0 aliphatic carbocycles. The molecule has 1 rings (SSSR count). The minimum Gasteiger partial charge on any atom is -0.340 e. The van der Waals surface area contributed by atoms with Crippen LogP contribution in [0.25, 0.3) is 0 Å². The van der Waals surface area contributed by atoms with Gasteiger partial charge in [0.15, 0.2) is 11.5 Å².